The second-order valence-corrected chi connectivity index (χ2v) is 11.9. The van der Waals surface area contributed by atoms with Crippen molar-refractivity contribution in [1.29, 1.82) is 0 Å². The summed E-state index contributed by atoms with van der Waals surface area (Å²) < 4.78 is 0. The van der Waals surface area contributed by atoms with E-state index in [-0.39, 0.29) is 12.8 Å². The minimum absolute atomic E-state index is 0.162. The maximum absolute atomic E-state index is 12.3. The van der Waals surface area contributed by atoms with Gasteiger partial charge in [0.05, 0.1) is 0 Å². The Morgan fingerprint density at radius 3 is 1.07 bits per heavy atom. The van der Waals surface area contributed by atoms with Crippen LogP contribution in [0.25, 0.3) is 0 Å². The van der Waals surface area contributed by atoms with Gasteiger partial charge >= 0.3 is 0 Å². The number of ketones is 2. The van der Waals surface area contributed by atoms with Crippen LogP contribution in [-0.2, 0) is 9.59 Å². The van der Waals surface area contributed by atoms with Gasteiger partial charge in [-0.25, -0.2) is 0 Å². The van der Waals surface area contributed by atoms with Crippen molar-refractivity contribution >= 4 is 11.6 Å². The standard InChI is InChI=1S/C35H66O5/c1-3-5-7-9-11-13-15-17-19-21-23-25-27-29-31(36)33(38)35(40)34(39)32(37)30-28-26-24-22-20-18-16-14-12-10-8-6-4-2/h13,15,33-35,38-40H,3-12,14,16-30H2,1-2H3. The van der Waals surface area contributed by atoms with Crippen molar-refractivity contribution in [2.75, 3.05) is 0 Å². The fourth-order valence-electron chi connectivity index (χ4n) is 5.18. The van der Waals surface area contributed by atoms with E-state index in [1.165, 1.54) is 96.3 Å². The molecule has 0 saturated carbocycles. The van der Waals surface area contributed by atoms with Crippen molar-refractivity contribution < 1.29 is 24.9 Å². The molecule has 0 bridgehead atoms. The van der Waals surface area contributed by atoms with E-state index in [4.69, 9.17) is 0 Å². The summed E-state index contributed by atoms with van der Waals surface area (Å²) in [5, 5.41) is 30.5. The molecule has 0 aromatic rings. The van der Waals surface area contributed by atoms with Crippen molar-refractivity contribution in [1.82, 2.24) is 0 Å². The van der Waals surface area contributed by atoms with Crippen LogP contribution in [0.4, 0.5) is 0 Å². The third-order valence-electron chi connectivity index (χ3n) is 8.02. The summed E-state index contributed by atoms with van der Waals surface area (Å²) in [7, 11) is 0. The molecule has 0 amide bonds. The summed E-state index contributed by atoms with van der Waals surface area (Å²) in [6.45, 7) is 4.47. The Bertz CT molecular complexity index is 603. The number of Topliss-reactive ketones (excluding diaryl/α,β-unsaturated/α-hetero) is 2. The maximum atomic E-state index is 12.3. The lowest BCUT2D eigenvalue weighted by Crippen LogP contribution is -2.45. The van der Waals surface area contributed by atoms with Gasteiger partial charge in [-0.15, -0.1) is 0 Å². The highest BCUT2D eigenvalue weighted by Gasteiger charge is 2.33. The summed E-state index contributed by atoms with van der Waals surface area (Å²) in [5.74, 6) is -0.983. The van der Waals surface area contributed by atoms with Crippen LogP contribution < -0.4 is 0 Å². The van der Waals surface area contributed by atoms with E-state index in [0.717, 1.165) is 44.9 Å². The van der Waals surface area contributed by atoms with Gasteiger partial charge in [-0.3, -0.25) is 9.59 Å². The molecule has 5 nitrogen and oxygen atoms in total. The van der Waals surface area contributed by atoms with Crippen molar-refractivity contribution in [3.63, 3.8) is 0 Å². The van der Waals surface area contributed by atoms with Crippen LogP contribution in [0.1, 0.15) is 181 Å². The first-order valence-electron chi connectivity index (χ1n) is 17.2. The molecule has 0 aromatic heterocycles. The normalized spacial score (nSPS) is 14.0. The van der Waals surface area contributed by atoms with Crippen LogP contribution >= 0.6 is 0 Å². The first-order chi connectivity index (χ1) is 19.5. The molecule has 3 atom stereocenters. The van der Waals surface area contributed by atoms with Gasteiger partial charge in [0.1, 0.15) is 18.3 Å². The molecule has 40 heavy (non-hydrogen) atoms. The molecule has 3 N–H and O–H groups in total. The molecule has 5 heteroatoms. The largest absolute Gasteiger partial charge is 0.387 e. The topological polar surface area (TPSA) is 94.8 Å². The second-order valence-electron chi connectivity index (χ2n) is 11.9. The second kappa shape index (κ2) is 29.5. The number of hydrogen-bond donors (Lipinski definition) is 3. The summed E-state index contributed by atoms with van der Waals surface area (Å²) in [4.78, 5) is 24.5. The van der Waals surface area contributed by atoms with Gasteiger partial charge in [-0.2, -0.15) is 0 Å². The Balaban J connectivity index is 3.75. The van der Waals surface area contributed by atoms with Gasteiger partial charge in [0.25, 0.3) is 0 Å². The molecule has 3 unspecified atom stereocenters. The van der Waals surface area contributed by atoms with Crippen LogP contribution in [0, 0.1) is 0 Å². The SMILES string of the molecule is CCCCCCC=CCCCCCCCC(=O)C(O)C(O)C(O)C(=O)CCCCCCCCCCCCCCC. The highest BCUT2D eigenvalue weighted by molar-refractivity contribution is 5.87. The number of allylic oxidation sites excluding steroid dienone is 2. The molecule has 0 fully saturated rings. The van der Waals surface area contributed by atoms with Gasteiger partial charge in [-0.1, -0.05) is 142 Å². The van der Waals surface area contributed by atoms with Gasteiger partial charge < -0.3 is 15.3 Å². The lowest BCUT2D eigenvalue weighted by atomic mass is 9.95. The van der Waals surface area contributed by atoms with Gasteiger partial charge in [0.2, 0.25) is 0 Å². The molecule has 0 aliphatic heterocycles. The van der Waals surface area contributed by atoms with E-state index in [9.17, 15) is 24.9 Å². The summed E-state index contributed by atoms with van der Waals surface area (Å²) >= 11 is 0. The minimum Gasteiger partial charge on any atom is -0.387 e. The van der Waals surface area contributed by atoms with Crippen molar-refractivity contribution in [2.24, 2.45) is 0 Å². The molecular weight excluding hydrogens is 500 g/mol. The van der Waals surface area contributed by atoms with Crippen LogP contribution in [0.2, 0.25) is 0 Å². The maximum Gasteiger partial charge on any atom is 0.164 e. The number of aliphatic hydroxyl groups is 3. The lowest BCUT2D eigenvalue weighted by molar-refractivity contribution is -0.146. The fraction of sp³-hybridized carbons (Fsp3) is 0.886. The van der Waals surface area contributed by atoms with Crippen molar-refractivity contribution in [3.8, 4) is 0 Å². The summed E-state index contributed by atoms with van der Waals surface area (Å²) in [6, 6.07) is 0. The molecule has 0 aliphatic rings. The zero-order chi connectivity index (χ0) is 29.7. The van der Waals surface area contributed by atoms with Crippen molar-refractivity contribution in [2.45, 2.75) is 199 Å². The average molecular weight is 567 g/mol. The summed E-state index contributed by atoms with van der Waals surface area (Å²) in [6.07, 6.45) is 27.8. The van der Waals surface area contributed by atoms with Gasteiger partial charge in [0.15, 0.2) is 11.6 Å². The monoisotopic (exact) mass is 566 g/mol. The number of unbranched alkanes of at least 4 members (excludes halogenated alkanes) is 21. The number of carbonyl (C=O) groups is 2. The van der Waals surface area contributed by atoms with E-state index in [1.807, 2.05) is 0 Å². The van der Waals surface area contributed by atoms with Gasteiger partial charge in [-0.05, 0) is 38.5 Å². The Hall–Kier alpha value is -1.04. The van der Waals surface area contributed by atoms with Crippen LogP contribution in [0.5, 0.6) is 0 Å². The smallest absolute Gasteiger partial charge is 0.164 e. The Labute approximate surface area is 247 Å². The zero-order valence-electron chi connectivity index (χ0n) is 26.4. The predicted molar refractivity (Wildman–Crippen MR) is 169 cm³/mol. The van der Waals surface area contributed by atoms with Crippen LogP contribution in [0.3, 0.4) is 0 Å². The van der Waals surface area contributed by atoms with Crippen LogP contribution in [0.15, 0.2) is 12.2 Å². The zero-order valence-corrected chi connectivity index (χ0v) is 26.4. The molecule has 0 radical (unpaired) electrons. The fourth-order valence-corrected chi connectivity index (χ4v) is 5.18. The molecule has 236 valence electrons. The van der Waals surface area contributed by atoms with E-state index in [0.29, 0.717) is 12.8 Å². The quantitative estimate of drug-likeness (QED) is 0.0575. The predicted octanol–water partition coefficient (Wildman–Crippen LogP) is 8.95. The first kappa shape index (κ1) is 39.0. The molecule has 0 aliphatic carbocycles. The average Bonchev–Trinajstić information content (AvgIpc) is 2.96. The Morgan fingerprint density at radius 1 is 0.450 bits per heavy atom. The molecule has 0 aromatic carbocycles. The molecule has 0 spiro atoms. The highest BCUT2D eigenvalue weighted by Crippen LogP contribution is 2.15. The molecular formula is C35H66O5. The third-order valence-corrected chi connectivity index (χ3v) is 8.02. The minimum atomic E-state index is -1.74. The molecule has 0 saturated heterocycles. The highest BCUT2D eigenvalue weighted by atomic mass is 16.4. The molecule has 0 rings (SSSR count). The number of hydrogen-bond acceptors (Lipinski definition) is 5. The van der Waals surface area contributed by atoms with Crippen molar-refractivity contribution in [3.05, 3.63) is 12.2 Å². The van der Waals surface area contributed by atoms with Gasteiger partial charge in [0, 0.05) is 12.8 Å². The lowest BCUT2D eigenvalue weighted by Gasteiger charge is -2.21. The Morgan fingerprint density at radius 2 is 0.725 bits per heavy atom. The summed E-state index contributed by atoms with van der Waals surface area (Å²) in [5.41, 5.74) is 0. The number of carbonyl (C=O) groups excluding carboxylic acids is 2. The van der Waals surface area contributed by atoms with Crippen LogP contribution in [-0.4, -0.2) is 45.2 Å². The van der Waals surface area contributed by atoms with E-state index >= 15 is 0 Å². The number of rotatable bonds is 31. The first-order valence-corrected chi connectivity index (χ1v) is 17.2. The van der Waals surface area contributed by atoms with E-state index < -0.39 is 29.9 Å². The van der Waals surface area contributed by atoms with E-state index in [1.54, 1.807) is 0 Å². The third kappa shape index (κ3) is 23.6. The molecule has 0 heterocycles. The van der Waals surface area contributed by atoms with E-state index in [2.05, 4.69) is 26.0 Å². The number of aliphatic hydroxyl groups excluding tert-OH is 3. The Kier molecular flexibility index (Phi) is 28.7.